The lowest BCUT2D eigenvalue weighted by Gasteiger charge is -2.36. The van der Waals surface area contributed by atoms with Crippen LogP contribution in [0.1, 0.15) is 19.8 Å². The number of nitrogens with zero attached hydrogens (tertiary/aromatic N) is 3. The number of fused-ring (bicyclic) bond motifs is 1. The summed E-state index contributed by atoms with van der Waals surface area (Å²) in [6, 6.07) is 13.0. The van der Waals surface area contributed by atoms with Crippen LogP contribution in [-0.4, -0.2) is 74.2 Å². The summed E-state index contributed by atoms with van der Waals surface area (Å²) < 4.78 is 27.6. The molecule has 2 aromatic carbocycles. The highest BCUT2D eigenvalue weighted by Gasteiger charge is 2.31. The van der Waals surface area contributed by atoms with Crippen LogP contribution in [0.5, 0.6) is 0 Å². The maximum atomic E-state index is 13.1. The van der Waals surface area contributed by atoms with Gasteiger partial charge in [-0.25, -0.2) is 8.42 Å². The molecule has 2 heterocycles. The zero-order valence-electron chi connectivity index (χ0n) is 17.0. The lowest BCUT2D eigenvalue weighted by atomic mass is 9.99. The molecule has 4 rings (SSSR count). The van der Waals surface area contributed by atoms with Gasteiger partial charge in [0.25, 0.3) is 0 Å². The Hall–Kier alpha value is -1.96. The summed E-state index contributed by atoms with van der Waals surface area (Å²) in [5, 5.41) is 1.94. The van der Waals surface area contributed by atoms with Crippen LogP contribution in [0.2, 0.25) is 0 Å². The van der Waals surface area contributed by atoms with E-state index in [2.05, 4.69) is 11.8 Å². The quantitative estimate of drug-likeness (QED) is 0.769. The van der Waals surface area contributed by atoms with Crippen molar-refractivity contribution >= 4 is 26.7 Å². The normalized spacial score (nSPS) is 20.2. The fourth-order valence-electron chi connectivity index (χ4n) is 4.17. The van der Waals surface area contributed by atoms with Crippen LogP contribution < -0.4 is 0 Å². The van der Waals surface area contributed by atoms with E-state index < -0.39 is 10.0 Å². The zero-order chi connectivity index (χ0) is 20.4. The highest BCUT2D eigenvalue weighted by atomic mass is 32.2. The Kier molecular flexibility index (Phi) is 5.90. The minimum atomic E-state index is -3.55. The summed E-state index contributed by atoms with van der Waals surface area (Å²) in [7, 11) is -3.55. The van der Waals surface area contributed by atoms with Crippen molar-refractivity contribution in [1.29, 1.82) is 0 Å². The van der Waals surface area contributed by atoms with Crippen LogP contribution in [-0.2, 0) is 14.8 Å². The van der Waals surface area contributed by atoms with Gasteiger partial charge in [0.1, 0.15) is 0 Å². The largest absolute Gasteiger partial charge is 0.339 e. The summed E-state index contributed by atoms with van der Waals surface area (Å²) in [5.74, 6) is 0.854. The van der Waals surface area contributed by atoms with Crippen LogP contribution in [0, 0.1) is 5.92 Å². The van der Waals surface area contributed by atoms with Crippen molar-refractivity contribution in [1.82, 2.24) is 14.1 Å². The fourth-order valence-corrected chi connectivity index (χ4v) is 5.62. The molecule has 0 spiro atoms. The Morgan fingerprint density at radius 2 is 1.59 bits per heavy atom. The molecule has 0 N–H and O–H groups in total. The maximum absolute atomic E-state index is 13.1. The van der Waals surface area contributed by atoms with E-state index in [1.54, 1.807) is 12.1 Å². The molecule has 0 aliphatic carbocycles. The number of likely N-dealkylation sites (tertiary alicyclic amines) is 1. The third kappa shape index (κ3) is 4.47. The number of piperidine rings is 1. The van der Waals surface area contributed by atoms with Crippen molar-refractivity contribution in [2.45, 2.75) is 24.7 Å². The lowest BCUT2D eigenvalue weighted by molar-refractivity contribution is -0.133. The molecule has 0 saturated carbocycles. The molecule has 0 bridgehead atoms. The van der Waals surface area contributed by atoms with E-state index in [-0.39, 0.29) is 5.91 Å². The minimum Gasteiger partial charge on any atom is -0.339 e. The Morgan fingerprint density at radius 3 is 2.28 bits per heavy atom. The van der Waals surface area contributed by atoms with Crippen LogP contribution in [0.15, 0.2) is 47.4 Å². The number of piperazine rings is 1. The fraction of sp³-hybridized carbons (Fsp3) is 0.500. The molecule has 0 atom stereocenters. The molecule has 0 radical (unpaired) electrons. The smallest absolute Gasteiger partial charge is 0.243 e. The first-order valence-corrected chi connectivity index (χ1v) is 11.9. The Morgan fingerprint density at radius 1 is 0.931 bits per heavy atom. The number of carbonyl (C=O) groups is 1. The van der Waals surface area contributed by atoms with Crippen LogP contribution in [0.4, 0.5) is 0 Å². The second kappa shape index (κ2) is 8.42. The van der Waals surface area contributed by atoms with Gasteiger partial charge in [-0.3, -0.25) is 9.69 Å². The van der Waals surface area contributed by atoms with Crippen molar-refractivity contribution < 1.29 is 13.2 Å². The average Bonchev–Trinajstić information content (AvgIpc) is 2.75. The monoisotopic (exact) mass is 415 g/mol. The van der Waals surface area contributed by atoms with E-state index in [1.165, 1.54) is 4.31 Å². The molecule has 2 saturated heterocycles. The van der Waals surface area contributed by atoms with Crippen molar-refractivity contribution in [3.63, 3.8) is 0 Å². The molecular formula is C22H29N3O3S. The first kappa shape index (κ1) is 20.3. The van der Waals surface area contributed by atoms with Gasteiger partial charge in [-0.15, -0.1) is 0 Å². The van der Waals surface area contributed by atoms with Gasteiger partial charge in [0, 0.05) is 26.2 Å². The van der Waals surface area contributed by atoms with Crippen LogP contribution >= 0.6 is 0 Å². The highest BCUT2D eigenvalue weighted by Crippen LogP contribution is 2.23. The van der Waals surface area contributed by atoms with Crippen LogP contribution in [0.25, 0.3) is 10.8 Å². The number of hydrogen-bond donors (Lipinski definition) is 0. The highest BCUT2D eigenvalue weighted by molar-refractivity contribution is 7.89. The molecule has 2 aromatic rings. The van der Waals surface area contributed by atoms with Gasteiger partial charge >= 0.3 is 0 Å². The second-order valence-corrected chi connectivity index (χ2v) is 10.2. The number of benzene rings is 2. The number of amides is 1. The van der Waals surface area contributed by atoms with Gasteiger partial charge in [-0.1, -0.05) is 37.3 Å². The summed E-state index contributed by atoms with van der Waals surface area (Å²) >= 11 is 0. The third-order valence-corrected chi connectivity index (χ3v) is 8.08. The second-order valence-electron chi connectivity index (χ2n) is 8.25. The van der Waals surface area contributed by atoms with E-state index in [9.17, 15) is 13.2 Å². The van der Waals surface area contributed by atoms with Gasteiger partial charge in [0.15, 0.2) is 0 Å². The summed E-state index contributed by atoms with van der Waals surface area (Å²) in [4.78, 5) is 17.0. The molecule has 1 amide bonds. The zero-order valence-corrected chi connectivity index (χ0v) is 17.8. The molecule has 2 aliphatic rings. The molecule has 29 heavy (non-hydrogen) atoms. The SMILES string of the molecule is CC1CCN(CC(=O)N2CCN(S(=O)(=O)c3ccc4ccccc4c3)CC2)CC1. The summed E-state index contributed by atoms with van der Waals surface area (Å²) in [6.45, 7) is 6.26. The Balaban J connectivity index is 1.37. The number of carbonyl (C=O) groups excluding carboxylic acids is 1. The van der Waals surface area contributed by atoms with E-state index >= 15 is 0 Å². The molecule has 0 aromatic heterocycles. The third-order valence-electron chi connectivity index (χ3n) is 6.19. The van der Waals surface area contributed by atoms with Crippen molar-refractivity contribution in [3.8, 4) is 0 Å². The van der Waals surface area contributed by atoms with E-state index in [0.29, 0.717) is 37.6 Å². The standard InChI is InChI=1S/C22H29N3O3S/c1-18-8-10-23(11-9-18)17-22(26)24-12-14-25(15-13-24)29(27,28)21-7-6-19-4-2-3-5-20(19)16-21/h2-7,16,18H,8-15,17H2,1H3. The van der Waals surface area contributed by atoms with Crippen molar-refractivity contribution in [2.75, 3.05) is 45.8 Å². The summed E-state index contributed by atoms with van der Waals surface area (Å²) in [5.41, 5.74) is 0. The predicted molar refractivity (Wildman–Crippen MR) is 114 cm³/mol. The maximum Gasteiger partial charge on any atom is 0.243 e. The lowest BCUT2D eigenvalue weighted by Crippen LogP contribution is -2.53. The van der Waals surface area contributed by atoms with Gasteiger partial charge < -0.3 is 4.90 Å². The number of rotatable bonds is 4. The van der Waals surface area contributed by atoms with Gasteiger partial charge in [0.2, 0.25) is 15.9 Å². The molecule has 7 heteroatoms. The first-order chi connectivity index (χ1) is 13.9. The van der Waals surface area contributed by atoms with Gasteiger partial charge in [-0.05, 0) is 54.8 Å². The topological polar surface area (TPSA) is 60.9 Å². The number of sulfonamides is 1. The molecule has 156 valence electrons. The van der Waals surface area contributed by atoms with E-state index in [0.717, 1.165) is 42.6 Å². The van der Waals surface area contributed by atoms with E-state index in [1.807, 2.05) is 35.2 Å². The molecule has 0 unspecified atom stereocenters. The Labute approximate surface area is 173 Å². The summed E-state index contributed by atoms with van der Waals surface area (Å²) in [6.07, 6.45) is 2.29. The molecular weight excluding hydrogens is 386 g/mol. The van der Waals surface area contributed by atoms with Crippen LogP contribution in [0.3, 0.4) is 0 Å². The average molecular weight is 416 g/mol. The molecule has 6 nitrogen and oxygen atoms in total. The number of hydrogen-bond acceptors (Lipinski definition) is 4. The molecule has 2 fully saturated rings. The van der Waals surface area contributed by atoms with Gasteiger partial charge in [0.05, 0.1) is 11.4 Å². The van der Waals surface area contributed by atoms with E-state index in [4.69, 9.17) is 0 Å². The van der Waals surface area contributed by atoms with Crippen molar-refractivity contribution in [3.05, 3.63) is 42.5 Å². The van der Waals surface area contributed by atoms with Gasteiger partial charge in [-0.2, -0.15) is 4.31 Å². The van der Waals surface area contributed by atoms with Crippen molar-refractivity contribution in [2.24, 2.45) is 5.92 Å². The minimum absolute atomic E-state index is 0.113. The first-order valence-electron chi connectivity index (χ1n) is 10.4. The molecule has 2 aliphatic heterocycles. The predicted octanol–water partition coefficient (Wildman–Crippen LogP) is 2.40. The Bertz CT molecular complexity index is 976.